The molecule has 5 heteroatoms. The van der Waals surface area contributed by atoms with Gasteiger partial charge in [0.15, 0.2) is 0 Å². The van der Waals surface area contributed by atoms with Crippen molar-refractivity contribution in [3.05, 3.63) is 40.6 Å². The molecule has 1 aliphatic heterocycles. The van der Waals surface area contributed by atoms with Gasteiger partial charge in [-0.3, -0.25) is 0 Å². The minimum absolute atomic E-state index is 0.283. The van der Waals surface area contributed by atoms with Gasteiger partial charge in [-0.15, -0.1) is 0 Å². The summed E-state index contributed by atoms with van der Waals surface area (Å²) in [6, 6.07) is 8.24. The van der Waals surface area contributed by atoms with E-state index in [0.717, 1.165) is 48.5 Å². The molecule has 0 atom stereocenters. The summed E-state index contributed by atoms with van der Waals surface area (Å²) in [6.45, 7) is 4.79. The van der Waals surface area contributed by atoms with Crippen molar-refractivity contribution in [1.29, 1.82) is 0 Å². The molecule has 0 aliphatic carbocycles. The summed E-state index contributed by atoms with van der Waals surface area (Å²) in [5, 5.41) is 0.461. The number of benzene rings is 1. The normalized spacial score (nSPS) is 18.9. The average molecular weight is 321 g/mol. The molecule has 118 valence electrons. The van der Waals surface area contributed by atoms with E-state index in [1.165, 1.54) is 0 Å². The molecule has 0 fully saturated rings. The first-order valence-corrected chi connectivity index (χ1v) is 7.80. The van der Waals surface area contributed by atoms with Crippen LogP contribution in [0.25, 0.3) is 0 Å². The minimum atomic E-state index is 0.283. The van der Waals surface area contributed by atoms with Gasteiger partial charge in [0.1, 0.15) is 10.9 Å². The number of rotatable bonds is 4. The SMILES string of the molecule is CCCOc1ccc(C2=NC(OC)=N/C(Cl)=C(\C)CC2)cc1. The summed E-state index contributed by atoms with van der Waals surface area (Å²) >= 11 is 6.11. The van der Waals surface area contributed by atoms with E-state index in [1.807, 2.05) is 31.2 Å². The summed E-state index contributed by atoms with van der Waals surface area (Å²) in [4.78, 5) is 8.68. The van der Waals surface area contributed by atoms with Gasteiger partial charge >= 0.3 is 6.02 Å². The zero-order valence-corrected chi connectivity index (χ0v) is 14.0. The molecule has 0 aromatic heterocycles. The number of methoxy groups -OCH3 is 1. The molecule has 0 N–H and O–H groups in total. The standard InChI is InChI=1S/C17H21ClN2O2/c1-4-11-22-14-8-6-13(7-9-14)15-10-5-12(2)16(18)20-17(19-15)21-3/h6-9H,4-5,10-11H2,1-3H3/b16-12+,19-15?,20-17?. The van der Waals surface area contributed by atoms with E-state index in [1.54, 1.807) is 7.11 Å². The van der Waals surface area contributed by atoms with Crippen molar-refractivity contribution in [1.82, 2.24) is 0 Å². The maximum absolute atomic E-state index is 6.11. The Morgan fingerprint density at radius 1 is 1.14 bits per heavy atom. The number of ether oxygens (including phenoxy) is 2. The molecule has 0 unspecified atom stereocenters. The summed E-state index contributed by atoms with van der Waals surface area (Å²) in [6.07, 6.45) is 2.61. The molecule has 4 nitrogen and oxygen atoms in total. The fraction of sp³-hybridized carbons (Fsp3) is 0.412. The topological polar surface area (TPSA) is 43.2 Å². The molecule has 1 aromatic carbocycles. The lowest BCUT2D eigenvalue weighted by atomic mass is 10.0. The zero-order chi connectivity index (χ0) is 15.9. The molecule has 0 saturated carbocycles. The lowest BCUT2D eigenvalue weighted by molar-refractivity contribution is 0.317. The highest BCUT2D eigenvalue weighted by atomic mass is 35.5. The highest BCUT2D eigenvalue weighted by Crippen LogP contribution is 2.22. The Bertz CT molecular complexity index is 604. The van der Waals surface area contributed by atoms with Crippen LogP contribution in [0.2, 0.25) is 0 Å². The first-order chi connectivity index (χ1) is 10.6. The molecule has 22 heavy (non-hydrogen) atoms. The summed E-state index contributed by atoms with van der Waals surface area (Å²) in [5.41, 5.74) is 3.01. The first-order valence-electron chi connectivity index (χ1n) is 7.42. The monoisotopic (exact) mass is 320 g/mol. The summed E-state index contributed by atoms with van der Waals surface area (Å²) < 4.78 is 10.8. The molecule has 0 saturated heterocycles. The van der Waals surface area contributed by atoms with Crippen molar-refractivity contribution in [2.24, 2.45) is 9.98 Å². The van der Waals surface area contributed by atoms with Crippen LogP contribution < -0.4 is 4.74 Å². The van der Waals surface area contributed by atoms with Crippen LogP contribution in [0.5, 0.6) is 5.75 Å². The molecule has 0 radical (unpaired) electrons. The van der Waals surface area contributed by atoms with Gasteiger partial charge in [-0.25, -0.2) is 0 Å². The molecular weight excluding hydrogens is 300 g/mol. The van der Waals surface area contributed by atoms with Gasteiger partial charge in [0.05, 0.1) is 19.4 Å². The van der Waals surface area contributed by atoms with Gasteiger partial charge in [-0.2, -0.15) is 9.98 Å². The molecular formula is C17H21ClN2O2. The number of aliphatic imine (C=N–C) groups is 2. The number of hydrogen-bond donors (Lipinski definition) is 0. The second kappa shape index (κ2) is 7.99. The third-order valence-electron chi connectivity index (χ3n) is 3.36. The summed E-state index contributed by atoms with van der Waals surface area (Å²) in [7, 11) is 1.54. The van der Waals surface area contributed by atoms with Crippen LogP contribution in [-0.2, 0) is 4.74 Å². The van der Waals surface area contributed by atoms with Crippen molar-refractivity contribution < 1.29 is 9.47 Å². The van der Waals surface area contributed by atoms with E-state index in [4.69, 9.17) is 21.1 Å². The van der Waals surface area contributed by atoms with Crippen molar-refractivity contribution in [2.75, 3.05) is 13.7 Å². The number of hydrogen-bond acceptors (Lipinski definition) is 4. The fourth-order valence-electron chi connectivity index (χ4n) is 2.05. The van der Waals surface area contributed by atoms with Crippen molar-refractivity contribution >= 4 is 23.3 Å². The van der Waals surface area contributed by atoms with Gasteiger partial charge in [0.2, 0.25) is 0 Å². The van der Waals surface area contributed by atoms with Crippen LogP contribution in [0.4, 0.5) is 0 Å². The van der Waals surface area contributed by atoms with Gasteiger partial charge in [0.25, 0.3) is 0 Å². The lowest BCUT2D eigenvalue weighted by Gasteiger charge is -2.12. The quantitative estimate of drug-likeness (QED) is 0.765. The van der Waals surface area contributed by atoms with Crippen LogP contribution in [0.15, 0.2) is 45.0 Å². The maximum Gasteiger partial charge on any atom is 0.317 e. The zero-order valence-electron chi connectivity index (χ0n) is 13.2. The van der Waals surface area contributed by atoms with Crippen LogP contribution in [0.3, 0.4) is 0 Å². The molecule has 0 bridgehead atoms. The second-order valence-electron chi connectivity index (χ2n) is 5.10. The highest BCUT2D eigenvalue weighted by Gasteiger charge is 2.12. The number of allylic oxidation sites excluding steroid dienone is 1. The van der Waals surface area contributed by atoms with Crippen molar-refractivity contribution in [3.8, 4) is 5.75 Å². The van der Waals surface area contributed by atoms with Crippen LogP contribution >= 0.6 is 11.6 Å². The first kappa shape index (κ1) is 16.6. The van der Waals surface area contributed by atoms with E-state index >= 15 is 0 Å². The van der Waals surface area contributed by atoms with Crippen LogP contribution in [0.1, 0.15) is 38.7 Å². The van der Waals surface area contributed by atoms with E-state index in [2.05, 4.69) is 16.9 Å². The van der Waals surface area contributed by atoms with Gasteiger partial charge in [0, 0.05) is 0 Å². The molecule has 2 rings (SSSR count). The predicted octanol–water partition coefficient (Wildman–Crippen LogP) is 4.53. The van der Waals surface area contributed by atoms with E-state index in [0.29, 0.717) is 5.16 Å². The maximum atomic E-state index is 6.11. The number of nitrogens with zero attached hydrogens (tertiary/aromatic N) is 2. The Balaban J connectivity index is 2.24. The fourth-order valence-corrected chi connectivity index (χ4v) is 2.22. The Morgan fingerprint density at radius 3 is 2.50 bits per heavy atom. The Kier molecular flexibility index (Phi) is 6.01. The van der Waals surface area contributed by atoms with Gasteiger partial charge < -0.3 is 9.47 Å². The molecule has 1 heterocycles. The third kappa shape index (κ3) is 4.34. The van der Waals surface area contributed by atoms with Crippen molar-refractivity contribution in [2.45, 2.75) is 33.1 Å². The molecule has 1 aliphatic rings. The molecule has 1 aromatic rings. The third-order valence-corrected chi connectivity index (χ3v) is 3.76. The number of halogens is 1. The second-order valence-corrected chi connectivity index (χ2v) is 5.46. The Hall–Kier alpha value is -1.81. The van der Waals surface area contributed by atoms with E-state index < -0.39 is 0 Å². The van der Waals surface area contributed by atoms with Crippen LogP contribution in [0, 0.1) is 0 Å². The molecule has 0 amide bonds. The van der Waals surface area contributed by atoms with E-state index in [9.17, 15) is 0 Å². The highest BCUT2D eigenvalue weighted by molar-refractivity contribution is 6.30. The minimum Gasteiger partial charge on any atom is -0.494 e. The van der Waals surface area contributed by atoms with E-state index in [-0.39, 0.29) is 6.02 Å². The molecule has 0 spiro atoms. The largest absolute Gasteiger partial charge is 0.494 e. The smallest absolute Gasteiger partial charge is 0.317 e. The van der Waals surface area contributed by atoms with Crippen LogP contribution in [-0.4, -0.2) is 25.5 Å². The summed E-state index contributed by atoms with van der Waals surface area (Å²) in [5.74, 6) is 0.872. The Labute approximate surface area is 136 Å². The van der Waals surface area contributed by atoms with Gasteiger partial charge in [-0.05, 0) is 61.6 Å². The van der Waals surface area contributed by atoms with Crippen molar-refractivity contribution in [3.63, 3.8) is 0 Å². The average Bonchev–Trinajstić information content (AvgIpc) is 2.54. The lowest BCUT2D eigenvalue weighted by Crippen LogP contribution is -2.10. The number of amidine groups is 1. The predicted molar refractivity (Wildman–Crippen MR) is 91.0 cm³/mol. The van der Waals surface area contributed by atoms with Gasteiger partial charge in [-0.1, -0.05) is 18.5 Å². The Morgan fingerprint density at radius 2 is 1.86 bits per heavy atom.